The van der Waals surface area contributed by atoms with Crippen molar-refractivity contribution in [2.75, 3.05) is 17.6 Å². The SMILES string of the molecule is CN(c1ccc(S(C)(=O)=O)cc1)S(=O)(=O)c1ccc(C2CCCCC2)cc1. The van der Waals surface area contributed by atoms with Gasteiger partial charge in [0.25, 0.3) is 10.0 Å². The van der Waals surface area contributed by atoms with Crippen LogP contribution in [-0.4, -0.2) is 30.1 Å². The molecule has 0 spiro atoms. The number of hydrogen-bond donors (Lipinski definition) is 0. The van der Waals surface area contributed by atoms with Gasteiger partial charge in [0.1, 0.15) is 0 Å². The summed E-state index contributed by atoms with van der Waals surface area (Å²) in [6.45, 7) is 0. The van der Waals surface area contributed by atoms with E-state index in [1.807, 2.05) is 12.1 Å². The monoisotopic (exact) mass is 407 g/mol. The van der Waals surface area contributed by atoms with E-state index in [0.717, 1.165) is 6.26 Å². The van der Waals surface area contributed by atoms with Crippen molar-refractivity contribution in [3.63, 3.8) is 0 Å². The van der Waals surface area contributed by atoms with Crippen LogP contribution >= 0.6 is 0 Å². The predicted molar refractivity (Wildman–Crippen MR) is 107 cm³/mol. The number of hydrogen-bond acceptors (Lipinski definition) is 4. The fourth-order valence-corrected chi connectivity index (χ4v) is 5.37. The van der Waals surface area contributed by atoms with E-state index >= 15 is 0 Å². The molecule has 1 aliphatic carbocycles. The molecule has 7 heteroatoms. The van der Waals surface area contributed by atoms with Crippen LogP contribution in [0, 0.1) is 0 Å². The van der Waals surface area contributed by atoms with E-state index in [-0.39, 0.29) is 9.79 Å². The van der Waals surface area contributed by atoms with Gasteiger partial charge in [-0.2, -0.15) is 0 Å². The van der Waals surface area contributed by atoms with Crippen molar-refractivity contribution in [3.05, 3.63) is 54.1 Å². The van der Waals surface area contributed by atoms with Gasteiger partial charge in [-0.3, -0.25) is 4.31 Å². The molecule has 2 aromatic rings. The molecule has 0 N–H and O–H groups in total. The van der Waals surface area contributed by atoms with Gasteiger partial charge in [-0.25, -0.2) is 16.8 Å². The number of sulfonamides is 1. The average molecular weight is 408 g/mol. The lowest BCUT2D eigenvalue weighted by Crippen LogP contribution is -2.26. The van der Waals surface area contributed by atoms with Gasteiger partial charge < -0.3 is 0 Å². The van der Waals surface area contributed by atoms with Crippen LogP contribution in [-0.2, 0) is 19.9 Å². The van der Waals surface area contributed by atoms with Crippen molar-refractivity contribution in [2.24, 2.45) is 0 Å². The molecule has 5 nitrogen and oxygen atoms in total. The number of sulfone groups is 1. The Bertz CT molecular complexity index is 989. The van der Waals surface area contributed by atoms with E-state index in [1.54, 1.807) is 12.1 Å². The van der Waals surface area contributed by atoms with Gasteiger partial charge in [0.15, 0.2) is 9.84 Å². The Morgan fingerprint density at radius 1 is 0.778 bits per heavy atom. The van der Waals surface area contributed by atoms with Crippen molar-refractivity contribution in [1.82, 2.24) is 0 Å². The summed E-state index contributed by atoms with van der Waals surface area (Å²) in [7, 11) is -5.55. The summed E-state index contributed by atoms with van der Waals surface area (Å²) in [5.74, 6) is 0.525. The van der Waals surface area contributed by atoms with Crippen LogP contribution in [0.2, 0.25) is 0 Å². The molecule has 0 saturated heterocycles. The number of rotatable bonds is 5. The summed E-state index contributed by atoms with van der Waals surface area (Å²) in [6, 6.07) is 13.0. The molecule has 0 unspecified atom stereocenters. The molecule has 0 amide bonds. The Morgan fingerprint density at radius 3 is 1.81 bits per heavy atom. The van der Waals surface area contributed by atoms with Gasteiger partial charge in [-0.15, -0.1) is 0 Å². The molecule has 0 aromatic heterocycles. The molecule has 1 saturated carbocycles. The maximum absolute atomic E-state index is 12.9. The number of anilines is 1. The molecule has 1 aliphatic rings. The molecule has 146 valence electrons. The third-order valence-corrected chi connectivity index (χ3v) is 8.17. The molecule has 0 aliphatic heterocycles. The molecular weight excluding hydrogens is 382 g/mol. The Labute approximate surface area is 162 Å². The third kappa shape index (κ3) is 4.35. The molecule has 0 atom stereocenters. The first-order valence-corrected chi connectivity index (χ1v) is 12.4. The molecule has 0 bridgehead atoms. The van der Waals surface area contributed by atoms with E-state index in [4.69, 9.17) is 0 Å². The summed E-state index contributed by atoms with van der Waals surface area (Å²) in [6.07, 6.45) is 7.20. The second-order valence-electron chi connectivity index (χ2n) is 7.14. The van der Waals surface area contributed by atoms with Crippen LogP contribution in [0.15, 0.2) is 58.3 Å². The van der Waals surface area contributed by atoms with E-state index in [1.165, 1.54) is 73.3 Å². The maximum Gasteiger partial charge on any atom is 0.264 e. The minimum atomic E-state index is -3.70. The van der Waals surface area contributed by atoms with Crippen LogP contribution < -0.4 is 4.31 Å². The highest BCUT2D eigenvalue weighted by atomic mass is 32.2. The zero-order chi connectivity index (χ0) is 19.7. The molecule has 0 radical (unpaired) electrons. The predicted octanol–water partition coefficient (Wildman–Crippen LogP) is 3.96. The molecular formula is C20H25NO4S2. The Balaban J connectivity index is 1.82. The highest BCUT2D eigenvalue weighted by Crippen LogP contribution is 2.33. The van der Waals surface area contributed by atoms with Crippen LogP contribution in [0.4, 0.5) is 5.69 Å². The maximum atomic E-state index is 12.9. The van der Waals surface area contributed by atoms with Crippen molar-refractivity contribution < 1.29 is 16.8 Å². The summed E-state index contributed by atoms with van der Waals surface area (Å²) in [5.41, 5.74) is 1.62. The van der Waals surface area contributed by atoms with Gasteiger partial charge in [0.2, 0.25) is 0 Å². The first-order valence-electron chi connectivity index (χ1n) is 9.08. The standard InChI is InChI=1S/C20H25NO4S2/c1-21(18-10-14-19(15-11-18)26(2,22)23)27(24,25)20-12-8-17(9-13-20)16-6-4-3-5-7-16/h8-16H,3-7H2,1-2H3. The van der Waals surface area contributed by atoms with Crippen molar-refractivity contribution in [1.29, 1.82) is 0 Å². The van der Waals surface area contributed by atoms with Crippen molar-refractivity contribution in [3.8, 4) is 0 Å². The topological polar surface area (TPSA) is 71.5 Å². The van der Waals surface area contributed by atoms with E-state index in [2.05, 4.69) is 0 Å². The van der Waals surface area contributed by atoms with Gasteiger partial charge in [-0.1, -0.05) is 31.4 Å². The zero-order valence-electron chi connectivity index (χ0n) is 15.6. The molecule has 1 fully saturated rings. The second kappa shape index (κ2) is 7.64. The highest BCUT2D eigenvalue weighted by molar-refractivity contribution is 7.92. The highest BCUT2D eigenvalue weighted by Gasteiger charge is 2.23. The smallest absolute Gasteiger partial charge is 0.264 e. The van der Waals surface area contributed by atoms with Crippen LogP contribution in [0.3, 0.4) is 0 Å². The minimum absolute atomic E-state index is 0.161. The van der Waals surface area contributed by atoms with Crippen LogP contribution in [0.25, 0.3) is 0 Å². The zero-order valence-corrected chi connectivity index (χ0v) is 17.3. The molecule has 3 rings (SSSR count). The van der Waals surface area contributed by atoms with Crippen molar-refractivity contribution >= 4 is 25.5 Å². The summed E-state index contributed by atoms with van der Waals surface area (Å²) in [5, 5.41) is 0. The van der Waals surface area contributed by atoms with Gasteiger partial charge in [0.05, 0.1) is 15.5 Å². The third-order valence-electron chi connectivity index (χ3n) is 5.24. The Hall–Kier alpha value is -1.86. The molecule has 0 heterocycles. The van der Waals surface area contributed by atoms with Crippen LogP contribution in [0.5, 0.6) is 0 Å². The minimum Gasteiger partial charge on any atom is -0.269 e. The average Bonchev–Trinajstić information content (AvgIpc) is 2.67. The summed E-state index contributed by atoms with van der Waals surface area (Å²) >= 11 is 0. The Morgan fingerprint density at radius 2 is 1.30 bits per heavy atom. The normalized spacial score (nSPS) is 16.2. The first-order chi connectivity index (χ1) is 12.7. The second-order valence-corrected chi connectivity index (χ2v) is 11.1. The summed E-state index contributed by atoms with van der Waals surface area (Å²) < 4.78 is 50.1. The fraction of sp³-hybridized carbons (Fsp3) is 0.400. The quantitative estimate of drug-likeness (QED) is 0.752. The van der Waals surface area contributed by atoms with Crippen molar-refractivity contribution in [2.45, 2.75) is 47.8 Å². The van der Waals surface area contributed by atoms with Crippen LogP contribution in [0.1, 0.15) is 43.6 Å². The molecule has 2 aromatic carbocycles. The lowest BCUT2D eigenvalue weighted by atomic mass is 9.84. The lowest BCUT2D eigenvalue weighted by molar-refractivity contribution is 0.443. The largest absolute Gasteiger partial charge is 0.269 e. The molecule has 27 heavy (non-hydrogen) atoms. The van der Waals surface area contributed by atoms with Gasteiger partial charge in [0, 0.05) is 13.3 Å². The van der Waals surface area contributed by atoms with E-state index in [0.29, 0.717) is 11.6 Å². The number of nitrogens with zero attached hydrogens (tertiary/aromatic N) is 1. The fourth-order valence-electron chi connectivity index (χ4n) is 3.55. The van der Waals surface area contributed by atoms with E-state index < -0.39 is 19.9 Å². The van der Waals surface area contributed by atoms with Gasteiger partial charge in [-0.05, 0) is 60.7 Å². The lowest BCUT2D eigenvalue weighted by Gasteiger charge is -2.23. The van der Waals surface area contributed by atoms with Gasteiger partial charge >= 0.3 is 0 Å². The number of benzene rings is 2. The first kappa shape index (κ1) is 19.9. The summed E-state index contributed by atoms with van der Waals surface area (Å²) in [4.78, 5) is 0.394. The Kier molecular flexibility index (Phi) is 5.63. The van der Waals surface area contributed by atoms with E-state index in [9.17, 15) is 16.8 Å².